The molecule has 1 aromatic rings. The van der Waals surface area contributed by atoms with Gasteiger partial charge in [-0.2, -0.15) is 0 Å². The Balaban J connectivity index is 3.09. The van der Waals surface area contributed by atoms with Crippen molar-refractivity contribution in [1.29, 1.82) is 0 Å². The summed E-state index contributed by atoms with van der Waals surface area (Å²) >= 11 is 0. The molecule has 0 saturated carbocycles. The number of aliphatic carboxylic acids is 1. The zero-order valence-corrected chi connectivity index (χ0v) is 11.5. The molecule has 0 fully saturated rings. The number of carboxylic acid groups (broad SMARTS) is 1. The molecule has 0 aliphatic heterocycles. The number of nitrogens with zero attached hydrogens (tertiary/aromatic N) is 1. The molecular weight excluding hydrogens is 274 g/mol. The number of rotatable bonds is 4. The number of carbonyl (C=O) groups is 2. The zero-order chi connectivity index (χ0) is 15.0. The minimum Gasteiger partial charge on any atom is -0.480 e. The fraction of sp³-hybridized carbons (Fsp3) is 0.400. The van der Waals surface area contributed by atoms with Gasteiger partial charge in [-0.1, -0.05) is 0 Å². The van der Waals surface area contributed by atoms with Crippen LogP contribution >= 0.6 is 0 Å². The quantitative estimate of drug-likeness (QED) is 0.672. The Bertz CT molecular complexity index is 630. The highest BCUT2D eigenvalue weighted by atomic mass is 32.2. The highest BCUT2D eigenvalue weighted by Gasteiger charge is 2.30. The summed E-state index contributed by atoms with van der Waals surface area (Å²) in [6.45, 7) is 2.63. The van der Waals surface area contributed by atoms with Crippen molar-refractivity contribution in [2.45, 2.75) is 24.3 Å². The van der Waals surface area contributed by atoms with Gasteiger partial charge in [-0.25, -0.2) is 18.4 Å². The first-order chi connectivity index (χ1) is 8.45. The van der Waals surface area contributed by atoms with Crippen molar-refractivity contribution >= 4 is 21.9 Å². The molecule has 0 aliphatic carbocycles. The first-order valence-corrected chi connectivity index (χ1v) is 6.75. The van der Waals surface area contributed by atoms with E-state index in [0.29, 0.717) is 0 Å². The molecule has 106 valence electrons. The van der Waals surface area contributed by atoms with Crippen molar-refractivity contribution in [3.05, 3.63) is 18.0 Å². The van der Waals surface area contributed by atoms with Crippen LogP contribution in [-0.4, -0.2) is 35.5 Å². The normalized spacial score (nSPS) is 12.2. The van der Waals surface area contributed by atoms with E-state index in [2.05, 4.69) is 5.32 Å². The maximum absolute atomic E-state index is 11.9. The Morgan fingerprint density at radius 3 is 2.32 bits per heavy atom. The Kier molecular flexibility index (Phi) is 3.73. The van der Waals surface area contributed by atoms with Gasteiger partial charge < -0.3 is 15.0 Å². The number of amides is 1. The lowest BCUT2D eigenvalue weighted by atomic mass is 10.1. The fourth-order valence-electron chi connectivity index (χ4n) is 1.32. The molecule has 0 atom stereocenters. The van der Waals surface area contributed by atoms with E-state index in [1.165, 1.54) is 31.7 Å². The van der Waals surface area contributed by atoms with Crippen molar-refractivity contribution in [2.75, 3.05) is 0 Å². The van der Waals surface area contributed by atoms with Crippen molar-refractivity contribution in [3.63, 3.8) is 0 Å². The van der Waals surface area contributed by atoms with Gasteiger partial charge in [-0.15, -0.1) is 0 Å². The maximum Gasteiger partial charge on any atom is 0.328 e. The van der Waals surface area contributed by atoms with Gasteiger partial charge in [0.05, 0.1) is 0 Å². The van der Waals surface area contributed by atoms with Crippen molar-refractivity contribution in [2.24, 2.45) is 12.2 Å². The fourth-order valence-corrected chi connectivity index (χ4v) is 1.90. The molecule has 0 spiro atoms. The Morgan fingerprint density at radius 2 is 1.95 bits per heavy atom. The highest BCUT2D eigenvalue weighted by Crippen LogP contribution is 2.13. The average Bonchev–Trinajstić information content (AvgIpc) is 2.58. The van der Waals surface area contributed by atoms with E-state index in [9.17, 15) is 18.0 Å². The lowest BCUT2D eigenvalue weighted by Crippen LogP contribution is -2.50. The Hall–Kier alpha value is -1.87. The Labute approximate surface area is 110 Å². The average molecular weight is 289 g/mol. The monoisotopic (exact) mass is 289 g/mol. The molecule has 0 radical (unpaired) electrons. The number of carbonyl (C=O) groups excluding carboxylic acids is 1. The molecule has 0 saturated heterocycles. The van der Waals surface area contributed by atoms with Crippen LogP contribution in [0, 0.1) is 0 Å². The van der Waals surface area contributed by atoms with Gasteiger partial charge in [0.1, 0.15) is 16.1 Å². The summed E-state index contributed by atoms with van der Waals surface area (Å²) in [5, 5.41) is 16.1. The van der Waals surface area contributed by atoms with Crippen molar-refractivity contribution in [3.8, 4) is 0 Å². The van der Waals surface area contributed by atoms with E-state index < -0.39 is 27.4 Å². The van der Waals surface area contributed by atoms with Crippen LogP contribution in [0.3, 0.4) is 0 Å². The lowest BCUT2D eigenvalue weighted by Gasteiger charge is -2.20. The second kappa shape index (κ2) is 4.67. The predicted molar refractivity (Wildman–Crippen MR) is 66.0 cm³/mol. The number of hydrogen-bond acceptors (Lipinski definition) is 4. The number of sulfonamides is 1. The van der Waals surface area contributed by atoms with Crippen LogP contribution < -0.4 is 10.5 Å². The summed E-state index contributed by atoms with van der Waals surface area (Å²) < 4.78 is 23.6. The summed E-state index contributed by atoms with van der Waals surface area (Å²) in [5.74, 6) is -1.91. The van der Waals surface area contributed by atoms with Crippen molar-refractivity contribution < 1.29 is 23.1 Å². The summed E-state index contributed by atoms with van der Waals surface area (Å²) in [7, 11) is -2.46. The minimum absolute atomic E-state index is 0.00153. The molecular formula is C10H15N3O5S. The molecule has 9 heteroatoms. The first kappa shape index (κ1) is 15.2. The second-order valence-electron chi connectivity index (χ2n) is 4.60. The standard InChI is InChI=1S/C10H15N3O5S/c1-10(2,9(15)16)12-8(14)7-4-6(5-13(7)3)19(11,17)18/h4-5H,1-3H3,(H,12,14)(H,15,16)(H2,11,17,18). The molecule has 1 aromatic heterocycles. The number of nitrogens with one attached hydrogen (secondary N) is 1. The number of primary sulfonamides is 1. The lowest BCUT2D eigenvalue weighted by molar-refractivity contribution is -0.143. The predicted octanol–water partition coefficient (Wildman–Crippen LogP) is -0.734. The second-order valence-corrected chi connectivity index (χ2v) is 6.16. The van der Waals surface area contributed by atoms with Crippen LogP contribution in [0.25, 0.3) is 0 Å². The Morgan fingerprint density at radius 1 is 1.42 bits per heavy atom. The smallest absolute Gasteiger partial charge is 0.328 e. The highest BCUT2D eigenvalue weighted by molar-refractivity contribution is 7.89. The minimum atomic E-state index is -3.92. The zero-order valence-electron chi connectivity index (χ0n) is 10.7. The van der Waals surface area contributed by atoms with E-state index in [1.54, 1.807) is 0 Å². The molecule has 0 unspecified atom stereocenters. The molecule has 0 aromatic carbocycles. The van der Waals surface area contributed by atoms with Crippen LogP contribution in [0.4, 0.5) is 0 Å². The number of aryl methyl sites for hydroxylation is 1. The third-order valence-electron chi connectivity index (χ3n) is 2.50. The third-order valence-corrected chi connectivity index (χ3v) is 3.38. The summed E-state index contributed by atoms with van der Waals surface area (Å²) in [6.07, 6.45) is 1.18. The first-order valence-electron chi connectivity index (χ1n) is 5.20. The van der Waals surface area contributed by atoms with Crippen LogP contribution in [0.2, 0.25) is 0 Å². The molecule has 0 aliphatic rings. The number of aromatic nitrogens is 1. The molecule has 8 nitrogen and oxygen atoms in total. The third kappa shape index (κ3) is 3.32. The van der Waals surface area contributed by atoms with Gasteiger partial charge in [-0.05, 0) is 19.9 Å². The van der Waals surface area contributed by atoms with Crippen LogP contribution in [0.15, 0.2) is 17.2 Å². The number of nitrogens with two attached hydrogens (primary N) is 1. The SMILES string of the molecule is Cn1cc(S(N)(=O)=O)cc1C(=O)NC(C)(C)C(=O)O. The van der Waals surface area contributed by atoms with Crippen LogP contribution in [0.1, 0.15) is 24.3 Å². The van der Waals surface area contributed by atoms with Crippen LogP contribution in [-0.2, 0) is 21.9 Å². The van der Waals surface area contributed by atoms with Crippen LogP contribution in [0.5, 0.6) is 0 Å². The summed E-state index contributed by atoms with van der Waals surface area (Å²) in [4.78, 5) is 22.6. The molecule has 1 rings (SSSR count). The maximum atomic E-state index is 11.9. The number of carboxylic acids is 1. The van der Waals surface area contributed by atoms with Gasteiger partial charge in [0.2, 0.25) is 10.0 Å². The van der Waals surface area contributed by atoms with Gasteiger partial charge >= 0.3 is 5.97 Å². The molecule has 4 N–H and O–H groups in total. The molecule has 1 amide bonds. The number of hydrogen-bond donors (Lipinski definition) is 3. The van der Waals surface area contributed by atoms with E-state index in [0.717, 1.165) is 6.07 Å². The molecule has 19 heavy (non-hydrogen) atoms. The van der Waals surface area contributed by atoms with Gasteiger partial charge in [0, 0.05) is 13.2 Å². The van der Waals surface area contributed by atoms with E-state index in [-0.39, 0.29) is 10.6 Å². The van der Waals surface area contributed by atoms with Gasteiger partial charge in [0.15, 0.2) is 0 Å². The molecule has 0 bridgehead atoms. The van der Waals surface area contributed by atoms with Gasteiger partial charge in [-0.3, -0.25) is 4.79 Å². The van der Waals surface area contributed by atoms with Gasteiger partial charge in [0.25, 0.3) is 5.91 Å². The van der Waals surface area contributed by atoms with Crippen molar-refractivity contribution in [1.82, 2.24) is 9.88 Å². The largest absolute Gasteiger partial charge is 0.480 e. The summed E-state index contributed by atoms with van der Waals surface area (Å²) in [5.41, 5.74) is -1.47. The topological polar surface area (TPSA) is 131 Å². The van der Waals surface area contributed by atoms with E-state index in [4.69, 9.17) is 10.2 Å². The van der Waals surface area contributed by atoms with E-state index in [1.807, 2.05) is 0 Å². The van der Waals surface area contributed by atoms with E-state index >= 15 is 0 Å². The summed E-state index contributed by atoms with van der Waals surface area (Å²) in [6, 6.07) is 1.09. The molecule has 1 heterocycles.